The number of likely N-dealkylation sites (tertiary alicyclic amines) is 1. The third kappa shape index (κ3) is 3.96. The van der Waals surface area contributed by atoms with Crippen LogP contribution in [0.4, 0.5) is 0 Å². The van der Waals surface area contributed by atoms with E-state index in [0.29, 0.717) is 18.1 Å². The summed E-state index contributed by atoms with van der Waals surface area (Å²) >= 11 is 0. The van der Waals surface area contributed by atoms with Gasteiger partial charge in [-0.05, 0) is 51.2 Å². The van der Waals surface area contributed by atoms with Crippen LogP contribution >= 0.6 is 0 Å². The molecular weight excluding hydrogens is 248 g/mol. The molecular formula is C17H34N2O. The van der Waals surface area contributed by atoms with E-state index < -0.39 is 0 Å². The number of hydrogen-bond acceptors (Lipinski definition) is 3. The van der Waals surface area contributed by atoms with Crippen molar-refractivity contribution in [2.75, 3.05) is 33.3 Å². The summed E-state index contributed by atoms with van der Waals surface area (Å²) < 4.78 is 6.05. The summed E-state index contributed by atoms with van der Waals surface area (Å²) in [5.41, 5.74) is 0.287. The third-order valence-electron chi connectivity index (χ3n) is 5.18. The summed E-state index contributed by atoms with van der Waals surface area (Å²) in [7, 11) is 2.25. The van der Waals surface area contributed by atoms with E-state index in [2.05, 4.69) is 45.0 Å². The van der Waals surface area contributed by atoms with Crippen molar-refractivity contribution in [2.45, 2.75) is 59.1 Å². The molecule has 1 saturated heterocycles. The van der Waals surface area contributed by atoms with E-state index in [9.17, 15) is 0 Å². The Balaban J connectivity index is 1.70. The number of piperidine rings is 1. The van der Waals surface area contributed by atoms with Gasteiger partial charge in [-0.15, -0.1) is 0 Å². The molecule has 1 N–H and O–H groups in total. The van der Waals surface area contributed by atoms with Gasteiger partial charge in [-0.1, -0.05) is 27.7 Å². The fourth-order valence-electron chi connectivity index (χ4n) is 3.57. The van der Waals surface area contributed by atoms with Gasteiger partial charge >= 0.3 is 0 Å². The van der Waals surface area contributed by atoms with Crippen molar-refractivity contribution in [1.82, 2.24) is 10.2 Å². The first-order valence-corrected chi connectivity index (χ1v) is 8.43. The van der Waals surface area contributed by atoms with Crippen LogP contribution in [0.3, 0.4) is 0 Å². The van der Waals surface area contributed by atoms with Crippen LogP contribution in [0.25, 0.3) is 0 Å². The molecule has 1 saturated carbocycles. The van der Waals surface area contributed by atoms with Gasteiger partial charge in [-0.2, -0.15) is 0 Å². The SMILES string of the molecule is CC(C)COC1CC(NCC2CCCN(C)C2)C1(C)C. The Kier molecular flexibility index (Phi) is 5.49. The predicted octanol–water partition coefficient (Wildman–Crippen LogP) is 2.76. The second-order valence-corrected chi connectivity index (χ2v) is 8.00. The monoisotopic (exact) mass is 282 g/mol. The van der Waals surface area contributed by atoms with Gasteiger partial charge < -0.3 is 15.0 Å². The van der Waals surface area contributed by atoms with E-state index in [1.807, 2.05) is 0 Å². The summed E-state index contributed by atoms with van der Waals surface area (Å²) in [6.07, 6.45) is 4.37. The molecule has 3 atom stereocenters. The molecule has 1 aliphatic heterocycles. The fraction of sp³-hybridized carbons (Fsp3) is 1.00. The number of ether oxygens (including phenoxy) is 1. The largest absolute Gasteiger partial charge is 0.377 e. The molecule has 3 heteroatoms. The minimum atomic E-state index is 0.287. The maximum atomic E-state index is 6.05. The van der Waals surface area contributed by atoms with Gasteiger partial charge in [0.15, 0.2) is 0 Å². The van der Waals surface area contributed by atoms with Gasteiger partial charge in [0.05, 0.1) is 6.10 Å². The number of hydrogen-bond donors (Lipinski definition) is 1. The highest BCUT2D eigenvalue weighted by molar-refractivity contribution is 5.03. The summed E-state index contributed by atoms with van der Waals surface area (Å²) in [4.78, 5) is 2.47. The lowest BCUT2D eigenvalue weighted by Crippen LogP contribution is -2.62. The minimum Gasteiger partial charge on any atom is -0.377 e. The lowest BCUT2D eigenvalue weighted by atomic mass is 9.64. The molecule has 118 valence electrons. The first-order chi connectivity index (χ1) is 9.39. The summed E-state index contributed by atoms with van der Waals surface area (Å²) in [5, 5.41) is 3.81. The highest BCUT2D eigenvalue weighted by Crippen LogP contribution is 2.43. The van der Waals surface area contributed by atoms with Crippen LogP contribution in [-0.2, 0) is 4.74 Å². The van der Waals surface area contributed by atoms with E-state index in [1.54, 1.807) is 0 Å². The zero-order chi connectivity index (χ0) is 14.8. The molecule has 0 amide bonds. The van der Waals surface area contributed by atoms with E-state index in [4.69, 9.17) is 4.74 Å². The van der Waals surface area contributed by atoms with Crippen molar-refractivity contribution in [2.24, 2.45) is 17.3 Å². The van der Waals surface area contributed by atoms with E-state index in [-0.39, 0.29) is 5.41 Å². The highest BCUT2D eigenvalue weighted by Gasteiger charge is 2.48. The molecule has 0 aromatic rings. The zero-order valence-corrected chi connectivity index (χ0v) is 14.1. The van der Waals surface area contributed by atoms with Gasteiger partial charge in [-0.3, -0.25) is 0 Å². The first kappa shape index (κ1) is 16.3. The summed E-state index contributed by atoms with van der Waals surface area (Å²) in [5.74, 6) is 1.47. The molecule has 3 unspecified atom stereocenters. The topological polar surface area (TPSA) is 24.5 Å². The third-order valence-corrected chi connectivity index (χ3v) is 5.18. The van der Waals surface area contributed by atoms with Crippen molar-refractivity contribution < 1.29 is 4.74 Å². The van der Waals surface area contributed by atoms with Crippen LogP contribution < -0.4 is 5.32 Å². The standard InChI is InChI=1S/C17H34N2O/c1-13(2)12-20-16-9-15(17(16,3)4)18-10-14-7-6-8-19(5)11-14/h13-16,18H,6-12H2,1-5H3. The molecule has 0 bridgehead atoms. The number of rotatable bonds is 6. The second-order valence-electron chi connectivity index (χ2n) is 8.00. The molecule has 2 fully saturated rings. The lowest BCUT2D eigenvalue weighted by Gasteiger charge is -2.52. The average Bonchev–Trinajstić information content (AvgIpc) is 2.36. The van der Waals surface area contributed by atoms with Crippen molar-refractivity contribution in [3.8, 4) is 0 Å². The van der Waals surface area contributed by atoms with Crippen molar-refractivity contribution >= 4 is 0 Å². The van der Waals surface area contributed by atoms with Crippen molar-refractivity contribution in [1.29, 1.82) is 0 Å². The average molecular weight is 282 g/mol. The summed E-state index contributed by atoms with van der Waals surface area (Å²) in [6, 6.07) is 0.631. The van der Waals surface area contributed by atoms with Gasteiger partial charge in [0, 0.05) is 24.6 Å². The quantitative estimate of drug-likeness (QED) is 0.811. The lowest BCUT2D eigenvalue weighted by molar-refractivity contribution is -0.124. The Morgan fingerprint density at radius 1 is 1.35 bits per heavy atom. The Labute approximate surface area is 125 Å². The van der Waals surface area contributed by atoms with Gasteiger partial charge in [-0.25, -0.2) is 0 Å². The van der Waals surface area contributed by atoms with E-state index in [0.717, 1.165) is 12.5 Å². The number of nitrogens with one attached hydrogen (secondary N) is 1. The van der Waals surface area contributed by atoms with Gasteiger partial charge in [0.25, 0.3) is 0 Å². The van der Waals surface area contributed by atoms with Gasteiger partial charge in [0.1, 0.15) is 0 Å². The van der Waals surface area contributed by atoms with Gasteiger partial charge in [0.2, 0.25) is 0 Å². The Morgan fingerprint density at radius 3 is 2.70 bits per heavy atom. The number of nitrogens with zero attached hydrogens (tertiary/aromatic N) is 1. The molecule has 3 nitrogen and oxygen atoms in total. The molecule has 0 radical (unpaired) electrons. The normalized spacial score (nSPS) is 34.2. The van der Waals surface area contributed by atoms with Crippen molar-refractivity contribution in [3.63, 3.8) is 0 Å². The second kappa shape index (κ2) is 6.76. The molecule has 0 aromatic heterocycles. The Hall–Kier alpha value is -0.120. The maximum Gasteiger partial charge on any atom is 0.0656 e. The van der Waals surface area contributed by atoms with Crippen LogP contribution in [0.1, 0.15) is 47.0 Å². The molecule has 0 aromatic carbocycles. The maximum absolute atomic E-state index is 6.05. The Bertz CT molecular complexity index is 303. The molecule has 1 aliphatic carbocycles. The van der Waals surface area contributed by atoms with Crippen LogP contribution in [0.15, 0.2) is 0 Å². The van der Waals surface area contributed by atoms with Crippen LogP contribution in [0, 0.1) is 17.3 Å². The first-order valence-electron chi connectivity index (χ1n) is 8.43. The molecule has 2 rings (SSSR count). The summed E-state index contributed by atoms with van der Waals surface area (Å²) in [6.45, 7) is 13.8. The Morgan fingerprint density at radius 2 is 2.10 bits per heavy atom. The van der Waals surface area contributed by atoms with Crippen LogP contribution in [-0.4, -0.2) is 50.3 Å². The fourth-order valence-corrected chi connectivity index (χ4v) is 3.57. The molecule has 0 spiro atoms. The minimum absolute atomic E-state index is 0.287. The van der Waals surface area contributed by atoms with E-state index >= 15 is 0 Å². The predicted molar refractivity (Wildman–Crippen MR) is 85.0 cm³/mol. The smallest absolute Gasteiger partial charge is 0.0656 e. The molecule has 2 aliphatic rings. The van der Waals surface area contributed by atoms with Crippen LogP contribution in [0.5, 0.6) is 0 Å². The zero-order valence-electron chi connectivity index (χ0n) is 14.1. The van der Waals surface area contributed by atoms with Crippen LogP contribution in [0.2, 0.25) is 0 Å². The molecule has 20 heavy (non-hydrogen) atoms. The molecule has 1 heterocycles. The van der Waals surface area contributed by atoms with E-state index in [1.165, 1.54) is 38.9 Å². The van der Waals surface area contributed by atoms with Crippen molar-refractivity contribution in [3.05, 3.63) is 0 Å². The highest BCUT2D eigenvalue weighted by atomic mass is 16.5.